The Hall–Kier alpha value is -3.99. The summed E-state index contributed by atoms with van der Waals surface area (Å²) in [6, 6.07) is 16.2. The van der Waals surface area contributed by atoms with Gasteiger partial charge < -0.3 is 10.2 Å². The molecule has 1 amide bonds. The molecule has 1 aliphatic heterocycles. The van der Waals surface area contributed by atoms with E-state index in [1.54, 1.807) is 12.1 Å². The fourth-order valence-electron chi connectivity index (χ4n) is 3.98. The van der Waals surface area contributed by atoms with Gasteiger partial charge in [-0.15, -0.1) is 0 Å². The molecule has 1 aliphatic rings. The number of hydrogen-bond acceptors (Lipinski definition) is 6. The van der Waals surface area contributed by atoms with Gasteiger partial charge in [0.15, 0.2) is 0 Å². The van der Waals surface area contributed by atoms with Crippen LogP contribution in [0.25, 0.3) is 10.9 Å². The Morgan fingerprint density at radius 3 is 2.59 bits per heavy atom. The molecule has 32 heavy (non-hydrogen) atoms. The first kappa shape index (κ1) is 21.2. The Labute approximate surface area is 185 Å². The molecule has 2 aromatic carbocycles. The molecule has 1 fully saturated rings. The summed E-state index contributed by atoms with van der Waals surface area (Å²) < 4.78 is 0. The Balaban J connectivity index is 1.41. The second kappa shape index (κ2) is 9.02. The zero-order chi connectivity index (χ0) is 22.7. The second-order valence-corrected chi connectivity index (χ2v) is 8.06. The molecule has 3 aromatic rings. The van der Waals surface area contributed by atoms with E-state index in [1.165, 1.54) is 17.7 Å². The number of aromatic nitrogens is 1. The third-order valence-electron chi connectivity index (χ3n) is 5.89. The molecule has 162 valence electrons. The average molecular weight is 429 g/mol. The number of carbonyl (C=O) groups is 1. The van der Waals surface area contributed by atoms with Gasteiger partial charge in [-0.1, -0.05) is 29.8 Å². The van der Waals surface area contributed by atoms with Crippen LogP contribution in [0.3, 0.4) is 0 Å². The van der Waals surface area contributed by atoms with Crippen LogP contribution in [0.1, 0.15) is 29.5 Å². The number of piperidine rings is 1. The zero-order valence-corrected chi connectivity index (χ0v) is 17.7. The van der Waals surface area contributed by atoms with Crippen molar-refractivity contribution in [1.82, 2.24) is 10.3 Å². The van der Waals surface area contributed by atoms with E-state index in [-0.39, 0.29) is 17.5 Å². The molecule has 1 saturated heterocycles. The lowest BCUT2D eigenvalue weighted by molar-refractivity contribution is -0.384. The fourth-order valence-corrected chi connectivity index (χ4v) is 3.98. The van der Waals surface area contributed by atoms with Crippen molar-refractivity contribution in [2.24, 2.45) is 5.92 Å². The maximum absolute atomic E-state index is 12.6. The van der Waals surface area contributed by atoms with Crippen LogP contribution < -0.4 is 10.2 Å². The summed E-state index contributed by atoms with van der Waals surface area (Å²) >= 11 is 0. The number of pyridine rings is 1. The number of nitrogens with zero attached hydrogens (tertiary/aromatic N) is 4. The SMILES string of the molecule is Cc1ccc(CNC(=O)C2CCN(c3cc(C#N)c4cc([N+](=O)[O-])ccc4n3)CC2)cc1. The largest absolute Gasteiger partial charge is 0.357 e. The standard InChI is InChI=1S/C24H23N5O3/c1-16-2-4-17(5-3-16)15-26-24(30)18-8-10-28(11-9-18)23-12-19(14-25)21-13-20(29(31)32)6-7-22(21)27-23/h2-7,12-13,18H,8-11,15H2,1H3,(H,26,30). The summed E-state index contributed by atoms with van der Waals surface area (Å²) in [7, 11) is 0. The van der Waals surface area contributed by atoms with Gasteiger partial charge in [0.2, 0.25) is 5.91 Å². The van der Waals surface area contributed by atoms with Crippen LogP contribution in [0.15, 0.2) is 48.5 Å². The van der Waals surface area contributed by atoms with E-state index in [1.807, 2.05) is 31.2 Å². The van der Waals surface area contributed by atoms with E-state index in [9.17, 15) is 20.2 Å². The molecule has 2 heterocycles. The van der Waals surface area contributed by atoms with Crippen LogP contribution in [-0.4, -0.2) is 28.9 Å². The number of carbonyl (C=O) groups excluding carboxylic acids is 1. The molecule has 0 unspecified atom stereocenters. The number of hydrogen-bond donors (Lipinski definition) is 1. The molecular weight excluding hydrogens is 406 g/mol. The molecule has 0 atom stereocenters. The number of anilines is 1. The number of nitro groups is 1. The highest BCUT2D eigenvalue weighted by Crippen LogP contribution is 2.28. The van der Waals surface area contributed by atoms with Crippen molar-refractivity contribution in [3.63, 3.8) is 0 Å². The van der Waals surface area contributed by atoms with E-state index < -0.39 is 4.92 Å². The molecule has 8 nitrogen and oxygen atoms in total. The van der Waals surface area contributed by atoms with Gasteiger partial charge in [0.05, 0.1) is 22.1 Å². The van der Waals surface area contributed by atoms with Crippen molar-refractivity contribution in [3.8, 4) is 6.07 Å². The van der Waals surface area contributed by atoms with Crippen molar-refractivity contribution < 1.29 is 9.72 Å². The number of amides is 1. The van der Waals surface area contributed by atoms with Crippen LogP contribution in [-0.2, 0) is 11.3 Å². The van der Waals surface area contributed by atoms with Gasteiger partial charge in [0.1, 0.15) is 5.82 Å². The fraction of sp³-hybridized carbons (Fsp3) is 0.292. The van der Waals surface area contributed by atoms with Gasteiger partial charge in [-0.05, 0) is 37.5 Å². The summed E-state index contributed by atoms with van der Waals surface area (Å²) in [5, 5.41) is 24.1. The number of nitriles is 1. The molecule has 4 rings (SSSR count). The lowest BCUT2D eigenvalue weighted by Crippen LogP contribution is -2.40. The number of rotatable bonds is 5. The Bertz CT molecular complexity index is 1210. The van der Waals surface area contributed by atoms with Crippen molar-refractivity contribution >= 4 is 28.3 Å². The molecule has 0 spiro atoms. The van der Waals surface area contributed by atoms with Crippen LogP contribution in [0.2, 0.25) is 0 Å². The lowest BCUT2D eigenvalue weighted by Gasteiger charge is -2.32. The van der Waals surface area contributed by atoms with E-state index in [2.05, 4.69) is 21.3 Å². The van der Waals surface area contributed by atoms with Gasteiger partial charge in [-0.25, -0.2) is 4.98 Å². The first-order chi connectivity index (χ1) is 15.4. The van der Waals surface area contributed by atoms with Gasteiger partial charge in [0, 0.05) is 43.1 Å². The van der Waals surface area contributed by atoms with Crippen LogP contribution in [0.4, 0.5) is 11.5 Å². The molecule has 1 aromatic heterocycles. The topological polar surface area (TPSA) is 112 Å². The zero-order valence-electron chi connectivity index (χ0n) is 17.7. The van der Waals surface area contributed by atoms with E-state index in [0.717, 1.165) is 5.56 Å². The Morgan fingerprint density at radius 2 is 1.94 bits per heavy atom. The molecule has 0 radical (unpaired) electrons. The average Bonchev–Trinajstić information content (AvgIpc) is 2.82. The van der Waals surface area contributed by atoms with Gasteiger partial charge in [-0.3, -0.25) is 14.9 Å². The van der Waals surface area contributed by atoms with Gasteiger partial charge in [0.25, 0.3) is 5.69 Å². The van der Waals surface area contributed by atoms with Crippen LogP contribution in [0, 0.1) is 34.3 Å². The number of aryl methyl sites for hydroxylation is 1. The molecular formula is C24H23N5O3. The van der Waals surface area contributed by atoms with E-state index in [0.29, 0.717) is 54.8 Å². The third kappa shape index (κ3) is 4.52. The second-order valence-electron chi connectivity index (χ2n) is 8.06. The summed E-state index contributed by atoms with van der Waals surface area (Å²) in [4.78, 5) is 29.8. The highest BCUT2D eigenvalue weighted by molar-refractivity contribution is 5.88. The Kier molecular flexibility index (Phi) is 5.99. The first-order valence-corrected chi connectivity index (χ1v) is 10.5. The number of benzene rings is 2. The van der Waals surface area contributed by atoms with Crippen molar-refractivity contribution in [2.75, 3.05) is 18.0 Å². The molecule has 1 N–H and O–H groups in total. The van der Waals surface area contributed by atoms with Gasteiger partial charge in [-0.2, -0.15) is 5.26 Å². The minimum Gasteiger partial charge on any atom is -0.357 e. The summed E-state index contributed by atoms with van der Waals surface area (Å²) in [5.41, 5.74) is 3.09. The van der Waals surface area contributed by atoms with Crippen molar-refractivity contribution in [3.05, 3.63) is 75.3 Å². The summed E-state index contributed by atoms with van der Waals surface area (Å²) in [6.45, 7) is 3.85. The van der Waals surface area contributed by atoms with Crippen LogP contribution in [0.5, 0.6) is 0 Å². The molecule has 0 aliphatic carbocycles. The molecule has 8 heteroatoms. The Morgan fingerprint density at radius 1 is 1.22 bits per heavy atom. The quantitative estimate of drug-likeness (QED) is 0.487. The highest BCUT2D eigenvalue weighted by atomic mass is 16.6. The van der Waals surface area contributed by atoms with E-state index in [4.69, 9.17) is 0 Å². The minimum absolute atomic E-state index is 0.0571. The van der Waals surface area contributed by atoms with Gasteiger partial charge >= 0.3 is 0 Å². The third-order valence-corrected chi connectivity index (χ3v) is 5.89. The maximum atomic E-state index is 12.6. The normalized spacial score (nSPS) is 14.2. The smallest absolute Gasteiger partial charge is 0.270 e. The summed E-state index contributed by atoms with van der Waals surface area (Å²) in [5.74, 6) is 0.651. The first-order valence-electron chi connectivity index (χ1n) is 10.5. The lowest BCUT2D eigenvalue weighted by atomic mass is 9.95. The van der Waals surface area contributed by atoms with E-state index >= 15 is 0 Å². The predicted molar refractivity (Wildman–Crippen MR) is 121 cm³/mol. The molecule has 0 saturated carbocycles. The minimum atomic E-state index is -0.483. The number of nitro benzene ring substituents is 1. The van der Waals surface area contributed by atoms with Crippen molar-refractivity contribution in [1.29, 1.82) is 5.26 Å². The number of nitrogens with one attached hydrogen (secondary N) is 1. The monoisotopic (exact) mass is 429 g/mol. The maximum Gasteiger partial charge on any atom is 0.270 e. The summed E-state index contributed by atoms with van der Waals surface area (Å²) in [6.07, 6.45) is 1.39. The predicted octanol–water partition coefficient (Wildman–Crippen LogP) is 3.86. The van der Waals surface area contributed by atoms with Crippen LogP contribution >= 0.6 is 0 Å². The highest BCUT2D eigenvalue weighted by Gasteiger charge is 2.26. The number of fused-ring (bicyclic) bond motifs is 1. The number of non-ortho nitro benzene ring substituents is 1. The van der Waals surface area contributed by atoms with Crippen molar-refractivity contribution in [2.45, 2.75) is 26.3 Å². The molecule has 0 bridgehead atoms.